The lowest BCUT2D eigenvalue weighted by atomic mass is 9.90. The van der Waals surface area contributed by atoms with Gasteiger partial charge in [0.15, 0.2) is 0 Å². The average molecular weight is 535 g/mol. The van der Waals surface area contributed by atoms with Crippen molar-refractivity contribution in [2.75, 3.05) is 55.7 Å². The summed E-state index contributed by atoms with van der Waals surface area (Å²) in [5, 5.41) is 13.2. The summed E-state index contributed by atoms with van der Waals surface area (Å²) in [4.78, 5) is 45.2. The lowest BCUT2D eigenvalue weighted by molar-refractivity contribution is -0.134. The number of piperazine rings is 1. The van der Waals surface area contributed by atoms with Gasteiger partial charge in [0, 0.05) is 61.6 Å². The minimum absolute atomic E-state index is 0.189. The van der Waals surface area contributed by atoms with E-state index in [1.54, 1.807) is 23.1 Å². The molecule has 39 heavy (non-hydrogen) atoms. The molecule has 0 unspecified atom stereocenters. The van der Waals surface area contributed by atoms with Gasteiger partial charge < -0.3 is 29.5 Å². The van der Waals surface area contributed by atoms with Crippen molar-refractivity contribution in [3.63, 3.8) is 0 Å². The number of rotatable bonds is 5. The van der Waals surface area contributed by atoms with Crippen LogP contribution in [0.3, 0.4) is 0 Å². The summed E-state index contributed by atoms with van der Waals surface area (Å²) in [7, 11) is 0. The predicted molar refractivity (Wildman–Crippen MR) is 145 cm³/mol. The van der Waals surface area contributed by atoms with Crippen molar-refractivity contribution in [3.05, 3.63) is 69.3 Å². The second kappa shape index (κ2) is 10.3. The Bertz CT molecular complexity index is 1480. The fraction of sp³-hybridized carbons (Fsp3) is 0.414. The van der Waals surface area contributed by atoms with Gasteiger partial charge in [-0.1, -0.05) is 0 Å². The summed E-state index contributed by atoms with van der Waals surface area (Å²) >= 11 is 0. The number of nitrogens with zero attached hydrogens (tertiary/aromatic N) is 3. The number of hydrogen-bond acceptors (Lipinski definition) is 7. The van der Waals surface area contributed by atoms with Crippen molar-refractivity contribution in [1.82, 2.24) is 10.2 Å². The topological polar surface area (TPSA) is 106 Å². The molecule has 1 aromatic heterocycles. The molecule has 2 amide bonds. The zero-order chi connectivity index (χ0) is 27.1. The molecule has 0 spiro atoms. The fourth-order valence-corrected chi connectivity index (χ4v) is 6.08. The van der Waals surface area contributed by atoms with Crippen LogP contribution in [0.25, 0.3) is 11.0 Å². The number of carbonyl (C=O) groups is 2. The average Bonchev–Trinajstić information content (AvgIpc) is 2.96. The molecule has 4 heterocycles. The van der Waals surface area contributed by atoms with Crippen LogP contribution in [-0.4, -0.2) is 73.7 Å². The quantitative estimate of drug-likeness (QED) is 0.483. The highest BCUT2D eigenvalue weighted by Crippen LogP contribution is 2.39. The highest BCUT2D eigenvalue weighted by molar-refractivity contribution is 6.00. The van der Waals surface area contributed by atoms with E-state index in [1.807, 2.05) is 11.0 Å². The Labute approximate surface area is 224 Å². The first-order valence-corrected chi connectivity index (χ1v) is 13.5. The van der Waals surface area contributed by atoms with E-state index in [-0.39, 0.29) is 11.4 Å². The number of aliphatic hydroxyl groups is 1. The molecule has 0 bridgehead atoms. The molecule has 6 rings (SSSR count). The fourth-order valence-electron chi connectivity index (χ4n) is 6.08. The van der Waals surface area contributed by atoms with Gasteiger partial charge in [0.2, 0.25) is 5.91 Å². The molecule has 0 aliphatic carbocycles. The largest absolute Gasteiger partial charge is 0.422 e. The summed E-state index contributed by atoms with van der Waals surface area (Å²) in [5.74, 6) is -1.49. The monoisotopic (exact) mass is 534 g/mol. The number of fused-ring (bicyclic) bond motifs is 2. The molecule has 0 radical (unpaired) electrons. The third-order valence-electron chi connectivity index (χ3n) is 8.03. The molecular weight excluding hydrogens is 503 g/mol. The van der Waals surface area contributed by atoms with Gasteiger partial charge in [-0.3, -0.25) is 9.59 Å². The molecule has 3 aliphatic rings. The van der Waals surface area contributed by atoms with Gasteiger partial charge >= 0.3 is 5.63 Å². The van der Waals surface area contributed by atoms with Crippen molar-refractivity contribution in [3.8, 4) is 0 Å². The number of benzene rings is 2. The van der Waals surface area contributed by atoms with Crippen LogP contribution in [0.15, 0.2) is 45.6 Å². The van der Waals surface area contributed by atoms with Gasteiger partial charge in [-0.15, -0.1) is 0 Å². The lowest BCUT2D eigenvalue weighted by Gasteiger charge is -2.37. The lowest BCUT2D eigenvalue weighted by Crippen LogP contribution is -2.56. The molecule has 1 saturated heterocycles. The molecule has 10 heteroatoms. The van der Waals surface area contributed by atoms with Crippen molar-refractivity contribution in [2.24, 2.45) is 0 Å². The number of aliphatic hydroxyl groups excluding tert-OH is 1. The number of halogens is 1. The van der Waals surface area contributed by atoms with Gasteiger partial charge in [-0.05, 0) is 67.6 Å². The molecule has 204 valence electrons. The molecular formula is C29H31FN4O5. The Hall–Kier alpha value is -3.92. The Morgan fingerprint density at radius 3 is 2.41 bits per heavy atom. The third-order valence-corrected chi connectivity index (χ3v) is 8.03. The number of nitrogens with one attached hydrogen (secondary N) is 1. The second-order valence-corrected chi connectivity index (χ2v) is 10.4. The predicted octanol–water partition coefficient (Wildman–Crippen LogP) is 2.07. The van der Waals surface area contributed by atoms with Crippen LogP contribution in [0.2, 0.25) is 0 Å². The van der Waals surface area contributed by atoms with Crippen molar-refractivity contribution in [1.29, 1.82) is 0 Å². The summed E-state index contributed by atoms with van der Waals surface area (Å²) in [6.07, 6.45) is 3.79. The highest BCUT2D eigenvalue weighted by atomic mass is 19.1. The summed E-state index contributed by atoms with van der Waals surface area (Å²) in [5.41, 5.74) is 3.84. The number of amides is 2. The Kier molecular flexibility index (Phi) is 6.72. The van der Waals surface area contributed by atoms with Crippen LogP contribution in [0.5, 0.6) is 0 Å². The summed E-state index contributed by atoms with van der Waals surface area (Å²) < 4.78 is 18.9. The zero-order valence-corrected chi connectivity index (χ0v) is 21.6. The molecule has 3 aliphatic heterocycles. The van der Waals surface area contributed by atoms with E-state index in [0.717, 1.165) is 50.0 Å². The highest BCUT2D eigenvalue weighted by Gasteiger charge is 2.31. The standard InChI is InChI=1S/C29H31FN4O5/c30-20-5-7-21(8-6-20)32-11-13-34(14-12-32)28(37)24(17-35)31-27(36)23-16-19-15-18-3-1-9-33-10-2-4-22(25(18)33)26(19)39-29(23)38/h5-8,15-16,24,35H,1-4,9-14,17H2,(H,31,36)/t24-/m0/s1. The molecule has 2 N–H and O–H groups in total. The van der Waals surface area contributed by atoms with Gasteiger partial charge in [0.1, 0.15) is 23.0 Å². The molecule has 9 nitrogen and oxygen atoms in total. The van der Waals surface area contributed by atoms with E-state index >= 15 is 0 Å². The molecule has 3 aromatic rings. The van der Waals surface area contributed by atoms with Gasteiger partial charge in [0.25, 0.3) is 5.91 Å². The first kappa shape index (κ1) is 25.4. The van der Waals surface area contributed by atoms with Gasteiger partial charge in [0.05, 0.1) is 6.61 Å². The van der Waals surface area contributed by atoms with E-state index in [4.69, 9.17) is 4.42 Å². The first-order valence-electron chi connectivity index (χ1n) is 13.5. The molecule has 1 atom stereocenters. The van der Waals surface area contributed by atoms with Crippen molar-refractivity contribution in [2.45, 2.75) is 31.7 Å². The van der Waals surface area contributed by atoms with Crippen LogP contribution in [0.1, 0.15) is 34.3 Å². The van der Waals surface area contributed by atoms with Crippen LogP contribution < -0.4 is 20.7 Å². The van der Waals surface area contributed by atoms with E-state index < -0.39 is 30.1 Å². The van der Waals surface area contributed by atoms with Gasteiger partial charge in [-0.25, -0.2) is 9.18 Å². The van der Waals surface area contributed by atoms with E-state index in [0.29, 0.717) is 37.1 Å². The normalized spacial score (nSPS) is 17.6. The molecule has 1 fully saturated rings. The van der Waals surface area contributed by atoms with Crippen LogP contribution in [0, 0.1) is 5.82 Å². The van der Waals surface area contributed by atoms with E-state index in [9.17, 15) is 23.9 Å². The number of anilines is 2. The SMILES string of the molecule is O=C(N[C@@H](CO)C(=O)N1CCN(c2ccc(F)cc2)CC1)c1cc2cc3c4c(c2oc1=O)CCCN4CCC3. The number of carbonyl (C=O) groups excluding carboxylic acids is 2. The van der Waals surface area contributed by atoms with Gasteiger partial charge in [-0.2, -0.15) is 0 Å². The Morgan fingerprint density at radius 2 is 1.69 bits per heavy atom. The van der Waals surface area contributed by atoms with Crippen LogP contribution in [-0.2, 0) is 17.6 Å². The van der Waals surface area contributed by atoms with Crippen molar-refractivity contribution < 1.29 is 23.5 Å². The smallest absolute Gasteiger partial charge is 0.349 e. The summed E-state index contributed by atoms with van der Waals surface area (Å²) in [6, 6.07) is 8.53. The third kappa shape index (κ3) is 4.73. The van der Waals surface area contributed by atoms with Crippen LogP contribution >= 0.6 is 0 Å². The summed E-state index contributed by atoms with van der Waals surface area (Å²) in [6.45, 7) is 3.21. The number of aryl methyl sites for hydroxylation is 2. The zero-order valence-electron chi connectivity index (χ0n) is 21.6. The Balaban J connectivity index is 1.18. The Morgan fingerprint density at radius 1 is 0.974 bits per heavy atom. The maximum Gasteiger partial charge on any atom is 0.349 e. The minimum Gasteiger partial charge on any atom is -0.422 e. The maximum atomic E-state index is 13.2. The van der Waals surface area contributed by atoms with Crippen molar-refractivity contribution >= 4 is 34.2 Å². The number of hydrogen-bond donors (Lipinski definition) is 2. The van der Waals surface area contributed by atoms with E-state index in [1.165, 1.54) is 23.4 Å². The first-order chi connectivity index (χ1) is 18.9. The van der Waals surface area contributed by atoms with E-state index in [2.05, 4.69) is 10.2 Å². The second-order valence-electron chi connectivity index (χ2n) is 10.4. The maximum absolute atomic E-state index is 13.2. The molecule has 0 saturated carbocycles. The minimum atomic E-state index is -1.19. The molecule has 2 aromatic carbocycles. The van der Waals surface area contributed by atoms with Crippen LogP contribution in [0.4, 0.5) is 15.8 Å².